The number of hydrogen-bond acceptors (Lipinski definition) is 4. The van der Waals surface area contributed by atoms with Gasteiger partial charge in [0.15, 0.2) is 0 Å². The number of aromatic nitrogens is 4. The third kappa shape index (κ3) is 4.44. The van der Waals surface area contributed by atoms with Crippen molar-refractivity contribution in [2.45, 2.75) is 26.8 Å². The highest BCUT2D eigenvalue weighted by Crippen LogP contribution is 2.11. The summed E-state index contributed by atoms with van der Waals surface area (Å²) in [5.74, 6) is 1.38. The predicted octanol–water partition coefficient (Wildman–Crippen LogP) is 1.98. The van der Waals surface area contributed by atoms with Gasteiger partial charge in [0.1, 0.15) is 0 Å². The molecule has 0 radical (unpaired) electrons. The molecule has 2 aromatic rings. The van der Waals surface area contributed by atoms with Gasteiger partial charge in [-0.3, -0.25) is 0 Å². The average Bonchev–Trinajstić information content (AvgIpc) is 2.88. The summed E-state index contributed by atoms with van der Waals surface area (Å²) >= 11 is 0. The normalized spacial score (nSPS) is 11.1. The van der Waals surface area contributed by atoms with Crippen molar-refractivity contribution in [3.63, 3.8) is 0 Å². The monoisotopic (exact) mass is 259 g/mol. The third-order valence-electron chi connectivity index (χ3n) is 2.75. The summed E-state index contributed by atoms with van der Waals surface area (Å²) in [5.41, 5.74) is 1.01. The van der Waals surface area contributed by atoms with Crippen LogP contribution in [0.5, 0.6) is 0 Å². The first-order valence-electron chi connectivity index (χ1n) is 6.79. The molecule has 0 aliphatic heterocycles. The Bertz CT molecular complexity index is 478. The number of nitrogens with one attached hydrogen (secondary N) is 1. The molecule has 0 saturated carbocycles. The summed E-state index contributed by atoms with van der Waals surface area (Å²) in [6, 6.07) is 9.92. The van der Waals surface area contributed by atoms with E-state index in [4.69, 9.17) is 0 Å². The molecule has 1 aromatic carbocycles. The van der Waals surface area contributed by atoms with E-state index in [2.05, 4.69) is 34.6 Å². The second kappa shape index (κ2) is 6.99. The highest BCUT2D eigenvalue weighted by atomic mass is 15.6. The van der Waals surface area contributed by atoms with Crippen molar-refractivity contribution >= 4 is 0 Å². The summed E-state index contributed by atoms with van der Waals surface area (Å²) in [7, 11) is 0. The van der Waals surface area contributed by atoms with Gasteiger partial charge in [0, 0.05) is 5.56 Å². The lowest BCUT2D eigenvalue weighted by atomic mass is 10.2. The van der Waals surface area contributed by atoms with Gasteiger partial charge in [0.05, 0.1) is 6.54 Å². The molecule has 0 amide bonds. The maximum atomic E-state index is 4.38. The van der Waals surface area contributed by atoms with E-state index in [0.717, 1.165) is 31.6 Å². The first kappa shape index (κ1) is 13.7. The molecule has 0 fully saturated rings. The van der Waals surface area contributed by atoms with Crippen molar-refractivity contribution in [3.05, 3.63) is 30.3 Å². The highest BCUT2D eigenvalue weighted by molar-refractivity contribution is 5.52. The van der Waals surface area contributed by atoms with E-state index in [9.17, 15) is 0 Å². The van der Waals surface area contributed by atoms with Crippen LogP contribution in [0.1, 0.15) is 20.3 Å². The van der Waals surface area contributed by atoms with Crippen LogP contribution >= 0.6 is 0 Å². The molecule has 1 N–H and O–H groups in total. The van der Waals surface area contributed by atoms with E-state index in [1.807, 2.05) is 30.3 Å². The van der Waals surface area contributed by atoms with Gasteiger partial charge < -0.3 is 5.32 Å². The fourth-order valence-electron chi connectivity index (χ4n) is 1.78. The van der Waals surface area contributed by atoms with E-state index in [-0.39, 0.29) is 0 Å². The fraction of sp³-hybridized carbons (Fsp3) is 0.500. The van der Waals surface area contributed by atoms with Crippen molar-refractivity contribution in [1.29, 1.82) is 0 Å². The van der Waals surface area contributed by atoms with E-state index in [0.29, 0.717) is 11.7 Å². The van der Waals surface area contributed by atoms with E-state index in [1.54, 1.807) is 4.80 Å². The van der Waals surface area contributed by atoms with Crippen LogP contribution in [0.3, 0.4) is 0 Å². The quantitative estimate of drug-likeness (QED) is 0.772. The molecule has 5 heteroatoms. The number of tetrazole rings is 1. The van der Waals surface area contributed by atoms with Crippen LogP contribution in [-0.2, 0) is 6.54 Å². The molecule has 0 unspecified atom stereocenters. The first-order chi connectivity index (χ1) is 9.25. The molecule has 1 heterocycles. The Morgan fingerprint density at radius 3 is 2.74 bits per heavy atom. The third-order valence-corrected chi connectivity index (χ3v) is 2.75. The molecular formula is C14H21N5. The van der Waals surface area contributed by atoms with E-state index >= 15 is 0 Å². The van der Waals surface area contributed by atoms with Gasteiger partial charge >= 0.3 is 0 Å². The number of benzene rings is 1. The smallest absolute Gasteiger partial charge is 0.204 e. The Morgan fingerprint density at radius 1 is 1.21 bits per heavy atom. The van der Waals surface area contributed by atoms with Crippen LogP contribution in [0.4, 0.5) is 0 Å². The van der Waals surface area contributed by atoms with E-state index < -0.39 is 0 Å². The molecule has 19 heavy (non-hydrogen) atoms. The lowest BCUT2D eigenvalue weighted by Gasteiger charge is -2.06. The lowest BCUT2D eigenvalue weighted by molar-refractivity contribution is 0.469. The second-order valence-corrected chi connectivity index (χ2v) is 5.03. The molecule has 5 nitrogen and oxygen atoms in total. The van der Waals surface area contributed by atoms with Crippen LogP contribution in [0.15, 0.2) is 30.3 Å². The minimum absolute atomic E-state index is 0.689. The second-order valence-electron chi connectivity index (χ2n) is 5.03. The van der Waals surface area contributed by atoms with Crippen molar-refractivity contribution in [1.82, 2.24) is 25.5 Å². The van der Waals surface area contributed by atoms with E-state index in [1.165, 1.54) is 0 Å². The summed E-state index contributed by atoms with van der Waals surface area (Å²) < 4.78 is 0. The Labute approximate surface area is 114 Å². The summed E-state index contributed by atoms with van der Waals surface area (Å²) in [6.07, 6.45) is 1.01. The molecule has 0 saturated heterocycles. The maximum Gasteiger partial charge on any atom is 0.204 e. The molecule has 0 atom stereocenters. The average molecular weight is 259 g/mol. The topological polar surface area (TPSA) is 55.6 Å². The SMILES string of the molecule is CC(C)CNCCCn1nnc(-c2ccccc2)n1. The predicted molar refractivity (Wildman–Crippen MR) is 75.6 cm³/mol. The number of nitrogens with zero attached hydrogens (tertiary/aromatic N) is 4. The van der Waals surface area contributed by atoms with Crippen LogP contribution < -0.4 is 5.32 Å². The van der Waals surface area contributed by atoms with Gasteiger partial charge in [-0.2, -0.15) is 4.80 Å². The summed E-state index contributed by atoms with van der Waals surface area (Å²) in [6.45, 7) is 7.25. The maximum absolute atomic E-state index is 4.38. The minimum atomic E-state index is 0.689. The molecular weight excluding hydrogens is 238 g/mol. The molecule has 0 aliphatic rings. The first-order valence-corrected chi connectivity index (χ1v) is 6.79. The van der Waals surface area contributed by atoms with Crippen molar-refractivity contribution < 1.29 is 0 Å². The molecule has 0 aliphatic carbocycles. The zero-order valence-electron chi connectivity index (χ0n) is 11.6. The van der Waals surface area contributed by atoms with Gasteiger partial charge in [-0.25, -0.2) is 0 Å². The highest BCUT2D eigenvalue weighted by Gasteiger charge is 2.04. The molecule has 1 aromatic heterocycles. The van der Waals surface area contributed by atoms with Gasteiger partial charge in [0.25, 0.3) is 0 Å². The number of hydrogen-bond donors (Lipinski definition) is 1. The van der Waals surface area contributed by atoms with Crippen LogP contribution in [0.2, 0.25) is 0 Å². The number of aryl methyl sites for hydroxylation is 1. The van der Waals surface area contributed by atoms with Gasteiger partial charge in [-0.1, -0.05) is 44.2 Å². The van der Waals surface area contributed by atoms with Gasteiger partial charge in [-0.05, 0) is 30.6 Å². The molecule has 0 bridgehead atoms. The van der Waals surface area contributed by atoms with Crippen LogP contribution in [0, 0.1) is 5.92 Å². The summed E-state index contributed by atoms with van der Waals surface area (Å²) in [4.78, 5) is 1.67. The molecule has 2 rings (SSSR count). The Hall–Kier alpha value is -1.75. The Balaban J connectivity index is 1.78. The van der Waals surface area contributed by atoms with Crippen LogP contribution in [0.25, 0.3) is 11.4 Å². The zero-order chi connectivity index (χ0) is 13.5. The molecule has 0 spiro atoms. The largest absolute Gasteiger partial charge is 0.316 e. The Morgan fingerprint density at radius 2 is 2.00 bits per heavy atom. The van der Waals surface area contributed by atoms with Crippen molar-refractivity contribution in [3.8, 4) is 11.4 Å². The van der Waals surface area contributed by atoms with Gasteiger partial charge in [0.2, 0.25) is 5.82 Å². The van der Waals surface area contributed by atoms with Crippen molar-refractivity contribution in [2.75, 3.05) is 13.1 Å². The minimum Gasteiger partial charge on any atom is -0.316 e. The van der Waals surface area contributed by atoms with Crippen LogP contribution in [-0.4, -0.2) is 33.3 Å². The van der Waals surface area contributed by atoms with Crippen molar-refractivity contribution in [2.24, 2.45) is 5.92 Å². The molecule has 102 valence electrons. The summed E-state index contributed by atoms with van der Waals surface area (Å²) in [5, 5.41) is 15.9. The zero-order valence-corrected chi connectivity index (χ0v) is 11.6. The number of rotatable bonds is 7. The fourth-order valence-corrected chi connectivity index (χ4v) is 1.78. The lowest BCUT2D eigenvalue weighted by Crippen LogP contribution is -2.22. The Kier molecular flexibility index (Phi) is 5.03. The standard InChI is InChI=1S/C14H21N5/c1-12(2)11-15-9-6-10-19-17-14(16-18-19)13-7-4-3-5-8-13/h3-5,7-8,12,15H,6,9-11H2,1-2H3. The van der Waals surface area contributed by atoms with Gasteiger partial charge in [-0.15, -0.1) is 10.2 Å².